The van der Waals surface area contributed by atoms with Gasteiger partial charge >= 0.3 is 0 Å². The normalized spacial score (nSPS) is 17.9. The zero-order valence-corrected chi connectivity index (χ0v) is 20.0. The number of ether oxygens (including phenoxy) is 1. The number of methoxy groups -OCH3 is 1. The molecule has 3 rings (SSSR count). The highest BCUT2D eigenvalue weighted by Gasteiger charge is 2.32. The number of carbonyl (C=O) groups excluding carboxylic acids is 2. The molecule has 1 saturated heterocycles. The predicted octanol–water partition coefficient (Wildman–Crippen LogP) is 2.39. The Balaban J connectivity index is 1.69. The second-order valence-electron chi connectivity index (χ2n) is 8.08. The molecule has 0 radical (unpaired) electrons. The predicted molar refractivity (Wildman–Crippen MR) is 122 cm³/mol. The van der Waals surface area contributed by atoms with Crippen LogP contribution in [0.15, 0.2) is 0 Å². The highest BCUT2D eigenvalue weighted by atomic mass is 32.2. The van der Waals surface area contributed by atoms with Crippen LogP contribution in [0.5, 0.6) is 0 Å². The van der Waals surface area contributed by atoms with Crippen molar-refractivity contribution in [3.8, 4) is 0 Å². The average molecular weight is 472 g/mol. The van der Waals surface area contributed by atoms with Crippen LogP contribution in [0, 0.1) is 5.92 Å². The fraction of sp³-hybridized carbons (Fsp3) is 0.714. The van der Waals surface area contributed by atoms with Crippen molar-refractivity contribution in [1.82, 2.24) is 9.62 Å². The van der Waals surface area contributed by atoms with Crippen LogP contribution < -0.4 is 10.6 Å². The number of piperidine rings is 1. The highest BCUT2D eigenvalue weighted by molar-refractivity contribution is 7.89. The van der Waals surface area contributed by atoms with E-state index >= 15 is 0 Å². The van der Waals surface area contributed by atoms with Gasteiger partial charge in [-0.25, -0.2) is 12.7 Å². The Kier molecular flexibility index (Phi) is 8.49. The van der Waals surface area contributed by atoms with Gasteiger partial charge in [-0.3, -0.25) is 9.59 Å². The lowest BCUT2D eigenvalue weighted by molar-refractivity contribution is -0.120. The molecular formula is C21H33N3O5S2. The van der Waals surface area contributed by atoms with Crippen molar-refractivity contribution >= 4 is 38.2 Å². The second kappa shape index (κ2) is 10.9. The monoisotopic (exact) mass is 471 g/mol. The molecule has 1 aromatic heterocycles. The van der Waals surface area contributed by atoms with Gasteiger partial charge < -0.3 is 15.4 Å². The van der Waals surface area contributed by atoms with Crippen LogP contribution in [0.25, 0.3) is 0 Å². The Hall–Kier alpha value is -1.49. The average Bonchev–Trinajstić information content (AvgIpc) is 3.14. The third-order valence-electron chi connectivity index (χ3n) is 6.03. The zero-order chi connectivity index (χ0) is 22.4. The number of anilines is 1. The van der Waals surface area contributed by atoms with Crippen molar-refractivity contribution in [2.45, 2.75) is 51.9 Å². The summed E-state index contributed by atoms with van der Waals surface area (Å²) >= 11 is 1.51. The maximum atomic E-state index is 13.0. The number of hydrogen-bond acceptors (Lipinski definition) is 6. The summed E-state index contributed by atoms with van der Waals surface area (Å²) in [5.41, 5.74) is 1.68. The van der Waals surface area contributed by atoms with E-state index in [4.69, 9.17) is 4.74 Å². The largest absolute Gasteiger partial charge is 0.385 e. The minimum Gasteiger partial charge on any atom is -0.385 e. The Labute approximate surface area is 188 Å². The number of fused-ring (bicyclic) bond motifs is 1. The number of nitrogens with one attached hydrogen (secondary N) is 2. The number of rotatable bonds is 9. The fourth-order valence-corrected chi connectivity index (χ4v) is 6.62. The van der Waals surface area contributed by atoms with Crippen LogP contribution >= 0.6 is 11.3 Å². The summed E-state index contributed by atoms with van der Waals surface area (Å²) in [6, 6.07) is 0. The molecule has 2 heterocycles. The first kappa shape index (κ1) is 24.2. The van der Waals surface area contributed by atoms with Gasteiger partial charge in [-0.15, -0.1) is 11.3 Å². The lowest BCUT2D eigenvalue weighted by atomic mass is 9.94. The van der Waals surface area contributed by atoms with Crippen molar-refractivity contribution in [3.63, 3.8) is 0 Å². The third-order valence-corrected chi connectivity index (χ3v) is 9.12. The van der Waals surface area contributed by atoms with E-state index in [1.165, 1.54) is 20.5 Å². The molecule has 1 aliphatic carbocycles. The number of carbonyl (C=O) groups is 2. The number of sulfonamides is 1. The Morgan fingerprint density at radius 2 is 1.90 bits per heavy atom. The minimum atomic E-state index is -3.22. The van der Waals surface area contributed by atoms with Gasteiger partial charge in [0.25, 0.3) is 5.91 Å². The van der Waals surface area contributed by atoms with Crippen LogP contribution in [-0.4, -0.2) is 63.6 Å². The van der Waals surface area contributed by atoms with Gasteiger partial charge in [0.1, 0.15) is 5.00 Å². The van der Waals surface area contributed by atoms with Gasteiger partial charge in [0.15, 0.2) is 0 Å². The fourth-order valence-electron chi connectivity index (χ4n) is 4.19. The van der Waals surface area contributed by atoms with Gasteiger partial charge in [0, 0.05) is 44.1 Å². The quantitative estimate of drug-likeness (QED) is 0.538. The summed E-state index contributed by atoms with van der Waals surface area (Å²) in [5.74, 6) is -0.441. The zero-order valence-electron chi connectivity index (χ0n) is 18.4. The van der Waals surface area contributed by atoms with Crippen LogP contribution in [0.2, 0.25) is 0 Å². The standard InChI is InChI=1S/C21H33N3O5S2/c1-3-31(27,28)24-12-9-15(10-13-24)19(25)23-21-18(20(26)22-11-6-14-29-2)16-7-4-5-8-17(16)30-21/h15H,3-14H2,1-2H3,(H,22,26)(H,23,25). The molecule has 0 spiro atoms. The Morgan fingerprint density at radius 3 is 2.58 bits per heavy atom. The van der Waals surface area contributed by atoms with E-state index in [0.717, 1.165) is 37.7 Å². The highest BCUT2D eigenvalue weighted by Crippen LogP contribution is 2.38. The molecule has 31 heavy (non-hydrogen) atoms. The summed E-state index contributed by atoms with van der Waals surface area (Å²) in [5, 5.41) is 6.60. The summed E-state index contributed by atoms with van der Waals surface area (Å²) in [4.78, 5) is 27.1. The first-order chi connectivity index (χ1) is 14.9. The number of thiophene rings is 1. The lowest BCUT2D eigenvalue weighted by Crippen LogP contribution is -2.42. The molecule has 2 amide bonds. The summed E-state index contributed by atoms with van der Waals surface area (Å²) < 4.78 is 30.6. The van der Waals surface area contributed by atoms with Gasteiger partial charge in [-0.2, -0.15) is 0 Å². The van der Waals surface area contributed by atoms with Gasteiger partial charge in [-0.1, -0.05) is 0 Å². The lowest BCUT2D eigenvalue weighted by Gasteiger charge is -2.30. The molecule has 2 aliphatic rings. The van der Waals surface area contributed by atoms with E-state index in [1.54, 1.807) is 14.0 Å². The first-order valence-corrected chi connectivity index (χ1v) is 13.5. The SMILES string of the molecule is CCS(=O)(=O)N1CCC(C(=O)Nc2sc3c(c2C(=O)NCCCOC)CCCC3)CC1. The number of amides is 2. The molecule has 1 fully saturated rings. The molecule has 0 saturated carbocycles. The Morgan fingerprint density at radius 1 is 1.19 bits per heavy atom. The number of hydrogen-bond donors (Lipinski definition) is 2. The van der Waals surface area contributed by atoms with E-state index in [-0.39, 0.29) is 23.5 Å². The second-order valence-corrected chi connectivity index (χ2v) is 11.4. The maximum absolute atomic E-state index is 13.0. The van der Waals surface area contributed by atoms with Crippen molar-refractivity contribution in [2.75, 3.05) is 44.4 Å². The topological polar surface area (TPSA) is 105 Å². The van der Waals surface area contributed by atoms with E-state index in [0.29, 0.717) is 49.6 Å². The summed E-state index contributed by atoms with van der Waals surface area (Å²) in [6.45, 7) is 3.46. The van der Waals surface area contributed by atoms with Crippen LogP contribution in [0.3, 0.4) is 0 Å². The van der Waals surface area contributed by atoms with Crippen molar-refractivity contribution in [1.29, 1.82) is 0 Å². The van der Waals surface area contributed by atoms with E-state index < -0.39 is 10.0 Å². The van der Waals surface area contributed by atoms with Crippen LogP contribution in [0.4, 0.5) is 5.00 Å². The smallest absolute Gasteiger partial charge is 0.254 e. The molecule has 0 atom stereocenters. The molecule has 1 aliphatic heterocycles. The van der Waals surface area contributed by atoms with Gasteiger partial charge in [0.05, 0.1) is 11.3 Å². The Bertz CT molecular complexity index is 889. The molecule has 1 aromatic rings. The third kappa shape index (κ3) is 5.85. The van der Waals surface area contributed by atoms with Crippen LogP contribution in [-0.2, 0) is 32.4 Å². The summed E-state index contributed by atoms with van der Waals surface area (Å²) in [6.07, 6.45) is 5.66. The van der Waals surface area contributed by atoms with Gasteiger partial charge in [0.2, 0.25) is 15.9 Å². The molecule has 0 aromatic carbocycles. The van der Waals surface area contributed by atoms with Crippen molar-refractivity contribution in [3.05, 3.63) is 16.0 Å². The summed E-state index contributed by atoms with van der Waals surface area (Å²) in [7, 11) is -1.59. The number of aryl methyl sites for hydroxylation is 1. The minimum absolute atomic E-state index is 0.0768. The molecular weight excluding hydrogens is 438 g/mol. The van der Waals surface area contributed by atoms with E-state index in [2.05, 4.69) is 10.6 Å². The van der Waals surface area contributed by atoms with Gasteiger partial charge in [-0.05, 0) is 57.4 Å². The van der Waals surface area contributed by atoms with E-state index in [9.17, 15) is 18.0 Å². The maximum Gasteiger partial charge on any atom is 0.254 e. The molecule has 0 unspecified atom stereocenters. The first-order valence-electron chi connectivity index (χ1n) is 11.1. The number of nitrogens with zero attached hydrogens (tertiary/aromatic N) is 1. The molecule has 174 valence electrons. The van der Waals surface area contributed by atoms with Crippen molar-refractivity contribution < 1.29 is 22.7 Å². The van der Waals surface area contributed by atoms with Crippen molar-refractivity contribution in [2.24, 2.45) is 5.92 Å². The van der Waals surface area contributed by atoms with E-state index in [1.807, 2.05) is 0 Å². The van der Waals surface area contributed by atoms with Crippen LogP contribution in [0.1, 0.15) is 59.8 Å². The molecule has 0 bridgehead atoms. The molecule has 2 N–H and O–H groups in total. The molecule has 8 nitrogen and oxygen atoms in total. The molecule has 10 heteroatoms.